The molecule has 0 unspecified atom stereocenters. The molecule has 0 saturated carbocycles. The van der Waals surface area contributed by atoms with E-state index in [0.717, 1.165) is 5.69 Å². The number of hydrogen-bond donors (Lipinski definition) is 1. The molecule has 0 saturated heterocycles. The van der Waals surface area contributed by atoms with Crippen LogP contribution >= 0.6 is 11.6 Å². The van der Waals surface area contributed by atoms with E-state index in [0.29, 0.717) is 23.5 Å². The van der Waals surface area contributed by atoms with Crippen LogP contribution in [0.15, 0.2) is 24.7 Å². The molecular weight excluding hydrogens is 266 g/mol. The van der Waals surface area contributed by atoms with E-state index in [1.54, 1.807) is 19.6 Å². The summed E-state index contributed by atoms with van der Waals surface area (Å²) in [6.07, 6.45) is 3.32. The minimum atomic E-state index is 0.178. The SMILES string of the molecule is CNc1nc(Cl)nc2c1ncn2Cc1cccnn1. The van der Waals surface area contributed by atoms with Crippen LogP contribution in [-0.2, 0) is 6.54 Å². The number of halogens is 1. The second kappa shape index (κ2) is 4.77. The molecule has 0 bridgehead atoms. The predicted molar refractivity (Wildman–Crippen MR) is 71.0 cm³/mol. The van der Waals surface area contributed by atoms with Crippen LogP contribution in [0.4, 0.5) is 5.82 Å². The van der Waals surface area contributed by atoms with Crippen LogP contribution in [-0.4, -0.2) is 36.8 Å². The molecule has 0 radical (unpaired) electrons. The molecule has 0 aliphatic heterocycles. The zero-order valence-electron chi connectivity index (χ0n) is 10.1. The van der Waals surface area contributed by atoms with Crippen LogP contribution in [0, 0.1) is 0 Å². The summed E-state index contributed by atoms with van der Waals surface area (Å²) >= 11 is 5.90. The first-order chi connectivity index (χ1) is 9.28. The molecule has 3 rings (SSSR count). The number of fused-ring (bicyclic) bond motifs is 1. The lowest BCUT2D eigenvalue weighted by Crippen LogP contribution is -2.03. The third-order valence-electron chi connectivity index (χ3n) is 2.63. The van der Waals surface area contributed by atoms with Gasteiger partial charge < -0.3 is 9.88 Å². The number of nitrogens with zero attached hydrogens (tertiary/aromatic N) is 6. The molecule has 3 aromatic heterocycles. The van der Waals surface area contributed by atoms with Gasteiger partial charge >= 0.3 is 0 Å². The van der Waals surface area contributed by atoms with Gasteiger partial charge in [0.25, 0.3) is 0 Å². The van der Waals surface area contributed by atoms with E-state index < -0.39 is 0 Å². The van der Waals surface area contributed by atoms with Crippen molar-refractivity contribution in [2.75, 3.05) is 12.4 Å². The molecule has 0 fully saturated rings. The maximum atomic E-state index is 5.90. The van der Waals surface area contributed by atoms with Crippen molar-refractivity contribution in [1.82, 2.24) is 29.7 Å². The fourth-order valence-corrected chi connectivity index (χ4v) is 1.96. The summed E-state index contributed by atoms with van der Waals surface area (Å²) in [5.41, 5.74) is 2.16. The van der Waals surface area contributed by atoms with Gasteiger partial charge in [0.15, 0.2) is 17.0 Å². The Morgan fingerprint density at radius 3 is 3.00 bits per heavy atom. The van der Waals surface area contributed by atoms with Gasteiger partial charge in [0.2, 0.25) is 5.28 Å². The Morgan fingerprint density at radius 2 is 2.26 bits per heavy atom. The van der Waals surface area contributed by atoms with E-state index in [4.69, 9.17) is 11.6 Å². The lowest BCUT2D eigenvalue weighted by Gasteiger charge is -2.04. The number of anilines is 1. The molecule has 1 N–H and O–H groups in total. The van der Waals surface area contributed by atoms with Crippen LogP contribution in [0.5, 0.6) is 0 Å². The van der Waals surface area contributed by atoms with Crippen LogP contribution in [0.25, 0.3) is 11.2 Å². The second-order valence-corrected chi connectivity index (χ2v) is 4.19. The van der Waals surface area contributed by atoms with Crippen LogP contribution < -0.4 is 5.32 Å². The fraction of sp³-hybridized carbons (Fsp3) is 0.182. The van der Waals surface area contributed by atoms with Crippen molar-refractivity contribution in [2.24, 2.45) is 0 Å². The molecular formula is C11H10ClN7. The summed E-state index contributed by atoms with van der Waals surface area (Å²) in [6.45, 7) is 0.529. The molecule has 96 valence electrons. The smallest absolute Gasteiger partial charge is 0.226 e. The molecule has 19 heavy (non-hydrogen) atoms. The van der Waals surface area contributed by atoms with Crippen molar-refractivity contribution in [3.63, 3.8) is 0 Å². The zero-order chi connectivity index (χ0) is 13.2. The largest absolute Gasteiger partial charge is 0.371 e. The highest BCUT2D eigenvalue weighted by Gasteiger charge is 2.12. The molecule has 0 atom stereocenters. The Labute approximate surface area is 113 Å². The van der Waals surface area contributed by atoms with E-state index in [2.05, 4.69) is 30.5 Å². The maximum absolute atomic E-state index is 5.90. The van der Waals surface area contributed by atoms with E-state index in [9.17, 15) is 0 Å². The van der Waals surface area contributed by atoms with Gasteiger partial charge in [-0.2, -0.15) is 20.2 Å². The summed E-state index contributed by atoms with van der Waals surface area (Å²) in [7, 11) is 1.76. The summed E-state index contributed by atoms with van der Waals surface area (Å²) in [4.78, 5) is 12.6. The standard InChI is InChI=1S/C11H10ClN7/c1-13-9-8-10(17-11(12)16-9)19(6-14-8)5-7-3-2-4-15-18-7/h2-4,6H,5H2,1H3,(H,13,16,17). The highest BCUT2D eigenvalue weighted by molar-refractivity contribution is 6.28. The van der Waals surface area contributed by atoms with Crippen LogP contribution in [0.2, 0.25) is 5.28 Å². The van der Waals surface area contributed by atoms with E-state index in [1.807, 2.05) is 16.7 Å². The van der Waals surface area contributed by atoms with Gasteiger partial charge in [-0.1, -0.05) is 0 Å². The quantitative estimate of drug-likeness (QED) is 0.727. The molecule has 0 amide bonds. The Kier molecular flexibility index (Phi) is 2.96. The van der Waals surface area contributed by atoms with Gasteiger partial charge in [-0.3, -0.25) is 0 Å². The highest BCUT2D eigenvalue weighted by atomic mass is 35.5. The zero-order valence-corrected chi connectivity index (χ0v) is 10.8. The minimum absolute atomic E-state index is 0.178. The molecule has 0 aliphatic rings. The van der Waals surface area contributed by atoms with E-state index in [1.165, 1.54) is 0 Å². The lowest BCUT2D eigenvalue weighted by atomic mass is 10.4. The number of imidazole rings is 1. The Bertz CT molecular complexity index is 710. The number of nitrogens with one attached hydrogen (secondary N) is 1. The summed E-state index contributed by atoms with van der Waals surface area (Å²) in [5, 5.41) is 11.0. The van der Waals surface area contributed by atoms with Gasteiger partial charge in [0.05, 0.1) is 18.6 Å². The van der Waals surface area contributed by atoms with Crippen molar-refractivity contribution >= 4 is 28.6 Å². The number of rotatable bonds is 3. The van der Waals surface area contributed by atoms with Crippen molar-refractivity contribution in [3.8, 4) is 0 Å². The van der Waals surface area contributed by atoms with Gasteiger partial charge in [0, 0.05) is 13.2 Å². The topological polar surface area (TPSA) is 81.4 Å². The van der Waals surface area contributed by atoms with Gasteiger partial charge in [0.1, 0.15) is 0 Å². The van der Waals surface area contributed by atoms with Crippen molar-refractivity contribution in [2.45, 2.75) is 6.54 Å². The van der Waals surface area contributed by atoms with E-state index >= 15 is 0 Å². The van der Waals surface area contributed by atoms with Gasteiger partial charge in [-0.05, 0) is 23.7 Å². The average Bonchev–Trinajstić information content (AvgIpc) is 2.82. The Balaban J connectivity index is 2.08. The van der Waals surface area contributed by atoms with Gasteiger partial charge in [-0.25, -0.2) is 4.98 Å². The molecule has 8 heteroatoms. The van der Waals surface area contributed by atoms with Crippen LogP contribution in [0.1, 0.15) is 5.69 Å². The van der Waals surface area contributed by atoms with Crippen molar-refractivity contribution in [3.05, 3.63) is 35.6 Å². The first-order valence-electron chi connectivity index (χ1n) is 5.60. The normalized spacial score (nSPS) is 10.8. The first kappa shape index (κ1) is 11.8. The Hall–Kier alpha value is -2.28. The minimum Gasteiger partial charge on any atom is -0.371 e. The monoisotopic (exact) mass is 275 g/mol. The summed E-state index contributed by atoms with van der Waals surface area (Å²) in [5.74, 6) is 0.605. The highest BCUT2D eigenvalue weighted by Crippen LogP contribution is 2.20. The fourth-order valence-electron chi connectivity index (χ4n) is 1.80. The van der Waals surface area contributed by atoms with Gasteiger partial charge in [-0.15, -0.1) is 0 Å². The van der Waals surface area contributed by atoms with Crippen molar-refractivity contribution in [1.29, 1.82) is 0 Å². The molecule has 0 aliphatic carbocycles. The molecule has 0 aromatic carbocycles. The second-order valence-electron chi connectivity index (χ2n) is 3.85. The first-order valence-corrected chi connectivity index (χ1v) is 5.98. The molecule has 3 heterocycles. The summed E-state index contributed by atoms with van der Waals surface area (Å²) in [6, 6.07) is 3.73. The molecule has 0 spiro atoms. The van der Waals surface area contributed by atoms with Crippen LogP contribution in [0.3, 0.4) is 0 Å². The third kappa shape index (κ3) is 2.19. The Morgan fingerprint density at radius 1 is 1.37 bits per heavy atom. The summed E-state index contributed by atoms with van der Waals surface area (Å²) < 4.78 is 1.85. The third-order valence-corrected chi connectivity index (χ3v) is 2.80. The van der Waals surface area contributed by atoms with Crippen molar-refractivity contribution < 1.29 is 0 Å². The molecule has 7 nitrogen and oxygen atoms in total. The maximum Gasteiger partial charge on any atom is 0.226 e. The number of hydrogen-bond acceptors (Lipinski definition) is 6. The average molecular weight is 276 g/mol. The number of aromatic nitrogens is 6. The predicted octanol–water partition coefficient (Wildman–Crippen LogP) is 1.36. The molecule has 3 aromatic rings. The van der Waals surface area contributed by atoms with E-state index in [-0.39, 0.29) is 5.28 Å². The lowest BCUT2D eigenvalue weighted by molar-refractivity contribution is 0.765.